The summed E-state index contributed by atoms with van der Waals surface area (Å²) in [5.74, 6) is -0.707. The van der Waals surface area contributed by atoms with Crippen molar-refractivity contribution in [3.63, 3.8) is 0 Å². The zero-order chi connectivity index (χ0) is 19.5. The molecule has 0 unspecified atom stereocenters. The molecular weight excluding hydrogens is 328 g/mol. The van der Waals surface area contributed by atoms with Crippen LogP contribution >= 0.6 is 0 Å². The molecule has 0 spiro atoms. The van der Waals surface area contributed by atoms with Crippen LogP contribution in [-0.4, -0.2) is 33.5 Å². The lowest BCUT2D eigenvalue weighted by Crippen LogP contribution is -2.23. The van der Waals surface area contributed by atoms with Crippen LogP contribution in [0.4, 0.5) is 0 Å². The molecule has 0 aromatic carbocycles. The summed E-state index contributed by atoms with van der Waals surface area (Å²) in [7, 11) is 0. The summed E-state index contributed by atoms with van der Waals surface area (Å²) in [4.78, 5) is 10.4. The average molecular weight is 365 g/mol. The number of rotatable bonds is 16. The van der Waals surface area contributed by atoms with Gasteiger partial charge in [0, 0.05) is 6.42 Å². The number of hydrogen-bond donors (Lipinski definition) is 3. The molecule has 0 radical (unpaired) electrons. The Morgan fingerprint density at radius 1 is 0.769 bits per heavy atom. The highest BCUT2D eigenvalue weighted by atomic mass is 16.4. The number of aliphatic hydroxyl groups is 2. The van der Waals surface area contributed by atoms with Gasteiger partial charge in [-0.25, -0.2) is 0 Å². The summed E-state index contributed by atoms with van der Waals surface area (Å²) in [5, 5.41) is 27.6. The van der Waals surface area contributed by atoms with Crippen LogP contribution in [0.3, 0.4) is 0 Å². The molecule has 0 aromatic rings. The minimum atomic E-state index is -0.707. The van der Waals surface area contributed by atoms with E-state index in [1.54, 1.807) is 0 Å². The van der Waals surface area contributed by atoms with Gasteiger partial charge in [0.15, 0.2) is 0 Å². The van der Waals surface area contributed by atoms with Crippen LogP contribution in [0.2, 0.25) is 0 Å². The standard InChI is InChI=1S/C22H36O4/c1-2-20(23)21(24)18-16-14-12-10-8-6-4-3-5-7-9-11-13-15-17-19-22(25)26/h3-4,7-10,14,16,20-21,23-24H,2,5-6,11-13,15,17-19H2,1H3,(H,25,26)/b4-3-,9-7-,10-8-,16-14-/t20-,21-/m1/s1. The fourth-order valence-corrected chi connectivity index (χ4v) is 2.31. The van der Waals surface area contributed by atoms with Gasteiger partial charge in [0.1, 0.15) is 0 Å². The summed E-state index contributed by atoms with van der Waals surface area (Å²) >= 11 is 0. The highest BCUT2D eigenvalue weighted by molar-refractivity contribution is 5.66. The normalized spacial score (nSPS) is 14.9. The van der Waals surface area contributed by atoms with Crippen LogP contribution in [0.25, 0.3) is 0 Å². The second-order valence-electron chi connectivity index (χ2n) is 6.36. The van der Waals surface area contributed by atoms with Crippen LogP contribution in [0.5, 0.6) is 0 Å². The van der Waals surface area contributed by atoms with Gasteiger partial charge < -0.3 is 15.3 Å². The molecule has 4 nitrogen and oxygen atoms in total. The molecule has 2 atom stereocenters. The van der Waals surface area contributed by atoms with Crippen molar-refractivity contribution in [1.29, 1.82) is 0 Å². The van der Waals surface area contributed by atoms with Gasteiger partial charge in [0.2, 0.25) is 0 Å². The molecule has 0 amide bonds. The Morgan fingerprint density at radius 2 is 1.31 bits per heavy atom. The van der Waals surface area contributed by atoms with Crippen LogP contribution in [0.1, 0.15) is 71.1 Å². The minimum Gasteiger partial charge on any atom is -0.481 e. The predicted molar refractivity (Wildman–Crippen MR) is 108 cm³/mol. The van der Waals surface area contributed by atoms with E-state index in [9.17, 15) is 15.0 Å². The molecule has 0 aliphatic heterocycles. The smallest absolute Gasteiger partial charge is 0.303 e. The summed E-state index contributed by atoms with van der Waals surface area (Å²) in [6.45, 7) is 1.86. The van der Waals surface area contributed by atoms with E-state index >= 15 is 0 Å². The molecule has 0 rings (SSSR count). The second-order valence-corrected chi connectivity index (χ2v) is 6.36. The molecule has 0 heterocycles. The number of allylic oxidation sites excluding steroid dienone is 7. The molecule has 0 saturated carbocycles. The van der Waals surface area contributed by atoms with Gasteiger partial charge in [0.25, 0.3) is 0 Å². The molecule has 0 bridgehead atoms. The minimum absolute atomic E-state index is 0.277. The Labute approximate surface area is 158 Å². The first kappa shape index (κ1) is 24.4. The summed E-state index contributed by atoms with van der Waals surface area (Å²) < 4.78 is 0. The first-order chi connectivity index (χ1) is 12.6. The van der Waals surface area contributed by atoms with Crippen molar-refractivity contribution >= 4 is 5.97 Å². The monoisotopic (exact) mass is 364 g/mol. The molecule has 148 valence electrons. The summed E-state index contributed by atoms with van der Waals surface area (Å²) in [6, 6.07) is 0. The molecule has 0 fully saturated rings. The number of carboxylic acid groups (broad SMARTS) is 1. The average Bonchev–Trinajstić information content (AvgIpc) is 2.63. The molecule has 0 aromatic heterocycles. The summed E-state index contributed by atoms with van der Waals surface area (Å²) in [5.41, 5.74) is 0. The first-order valence-electron chi connectivity index (χ1n) is 9.75. The van der Waals surface area contributed by atoms with Crippen LogP contribution in [0.15, 0.2) is 48.6 Å². The number of carboxylic acids is 1. The third-order valence-electron chi connectivity index (χ3n) is 3.98. The van der Waals surface area contributed by atoms with Crippen molar-refractivity contribution in [3.8, 4) is 0 Å². The third-order valence-corrected chi connectivity index (χ3v) is 3.98. The number of aliphatic hydroxyl groups excluding tert-OH is 2. The third kappa shape index (κ3) is 17.2. The van der Waals surface area contributed by atoms with Crippen molar-refractivity contribution in [3.05, 3.63) is 48.6 Å². The molecule has 26 heavy (non-hydrogen) atoms. The maximum atomic E-state index is 10.4. The van der Waals surface area contributed by atoms with Crippen LogP contribution < -0.4 is 0 Å². The first-order valence-corrected chi connectivity index (χ1v) is 9.75. The van der Waals surface area contributed by atoms with E-state index < -0.39 is 18.2 Å². The van der Waals surface area contributed by atoms with Crippen molar-refractivity contribution in [2.24, 2.45) is 0 Å². The maximum Gasteiger partial charge on any atom is 0.303 e. The van der Waals surface area contributed by atoms with E-state index in [1.165, 1.54) is 0 Å². The number of unbranched alkanes of at least 4 members (excludes halogenated alkanes) is 3. The number of hydrogen-bond acceptors (Lipinski definition) is 3. The van der Waals surface area contributed by atoms with Gasteiger partial charge in [-0.2, -0.15) is 0 Å². The second kappa shape index (κ2) is 18.2. The van der Waals surface area contributed by atoms with Gasteiger partial charge in [-0.1, -0.05) is 62.0 Å². The highest BCUT2D eigenvalue weighted by Gasteiger charge is 2.11. The van der Waals surface area contributed by atoms with Gasteiger partial charge >= 0.3 is 5.97 Å². The maximum absolute atomic E-state index is 10.4. The molecule has 0 saturated heterocycles. The zero-order valence-electron chi connectivity index (χ0n) is 16.1. The predicted octanol–water partition coefficient (Wildman–Crippen LogP) is 4.94. The Kier molecular flexibility index (Phi) is 17.0. The van der Waals surface area contributed by atoms with Crippen LogP contribution in [0, 0.1) is 0 Å². The number of carbonyl (C=O) groups is 1. The van der Waals surface area contributed by atoms with Gasteiger partial charge in [-0.15, -0.1) is 0 Å². The van der Waals surface area contributed by atoms with E-state index in [-0.39, 0.29) is 6.42 Å². The molecule has 3 N–H and O–H groups in total. The van der Waals surface area contributed by atoms with Crippen LogP contribution in [-0.2, 0) is 4.79 Å². The van der Waals surface area contributed by atoms with Crippen molar-refractivity contribution in [2.45, 2.75) is 83.3 Å². The molecule has 0 aliphatic rings. The molecule has 0 aliphatic carbocycles. The highest BCUT2D eigenvalue weighted by Crippen LogP contribution is 2.05. The summed E-state index contributed by atoms with van der Waals surface area (Å²) in [6.07, 6.45) is 23.3. The fourth-order valence-electron chi connectivity index (χ4n) is 2.31. The largest absolute Gasteiger partial charge is 0.481 e. The topological polar surface area (TPSA) is 77.8 Å². The Morgan fingerprint density at radius 3 is 1.85 bits per heavy atom. The van der Waals surface area contributed by atoms with E-state index in [2.05, 4.69) is 36.5 Å². The SMILES string of the molecule is CC[C@@H](O)[C@H](O)C/C=C\C/C=C\C/C=C\C/C=C\CCCCCC(=O)O. The Hall–Kier alpha value is -1.65. The van der Waals surface area contributed by atoms with Gasteiger partial charge in [-0.05, 0) is 51.4 Å². The van der Waals surface area contributed by atoms with Crippen molar-refractivity contribution in [2.75, 3.05) is 0 Å². The Balaban J connectivity index is 3.53. The zero-order valence-corrected chi connectivity index (χ0v) is 16.1. The van der Waals surface area contributed by atoms with Crippen molar-refractivity contribution < 1.29 is 20.1 Å². The van der Waals surface area contributed by atoms with Gasteiger partial charge in [-0.3, -0.25) is 4.79 Å². The molecular formula is C22H36O4. The Bertz CT molecular complexity index is 449. The molecule has 4 heteroatoms. The van der Waals surface area contributed by atoms with Gasteiger partial charge in [0.05, 0.1) is 12.2 Å². The lowest BCUT2D eigenvalue weighted by molar-refractivity contribution is -0.137. The van der Waals surface area contributed by atoms with E-state index in [0.717, 1.165) is 44.9 Å². The number of aliphatic carboxylic acids is 1. The quantitative estimate of drug-likeness (QED) is 0.268. The lowest BCUT2D eigenvalue weighted by atomic mass is 10.1. The van der Waals surface area contributed by atoms with E-state index in [4.69, 9.17) is 5.11 Å². The van der Waals surface area contributed by atoms with E-state index in [0.29, 0.717) is 12.8 Å². The lowest BCUT2D eigenvalue weighted by Gasteiger charge is -2.13. The fraction of sp³-hybridized carbons (Fsp3) is 0.591. The van der Waals surface area contributed by atoms with E-state index in [1.807, 2.05) is 19.1 Å². The van der Waals surface area contributed by atoms with Crippen molar-refractivity contribution in [1.82, 2.24) is 0 Å².